The Kier molecular flexibility index (Phi) is 2.59. The lowest BCUT2D eigenvalue weighted by Gasteiger charge is -2.40. The highest BCUT2D eigenvalue weighted by atomic mass is 19.1. The number of amides is 1. The predicted octanol–water partition coefficient (Wildman–Crippen LogP) is 0.992. The van der Waals surface area contributed by atoms with Crippen molar-refractivity contribution in [3.05, 3.63) is 17.9 Å². The van der Waals surface area contributed by atoms with Crippen molar-refractivity contribution in [2.45, 2.75) is 6.04 Å². The summed E-state index contributed by atoms with van der Waals surface area (Å²) in [7, 11) is 1.42. The number of morpholine rings is 1. The Bertz CT molecular complexity index is 506. The van der Waals surface area contributed by atoms with E-state index < -0.39 is 5.82 Å². The number of hydrogen-bond donors (Lipinski definition) is 1. The fraction of sp³-hybridized carbons (Fsp3) is 0.417. The zero-order valence-electron chi connectivity index (χ0n) is 9.90. The summed E-state index contributed by atoms with van der Waals surface area (Å²) in [5.41, 5.74) is 1.26. The second-order valence-corrected chi connectivity index (χ2v) is 4.28. The molecule has 1 aromatic carbocycles. The lowest BCUT2D eigenvalue weighted by Crippen LogP contribution is -2.54. The molecule has 5 nitrogen and oxygen atoms in total. The molecule has 2 aliphatic rings. The number of hydrogen-bond acceptors (Lipinski definition) is 4. The average Bonchev–Trinajstić information content (AvgIpc) is 2.38. The van der Waals surface area contributed by atoms with Crippen molar-refractivity contribution in [3.63, 3.8) is 0 Å². The highest BCUT2D eigenvalue weighted by molar-refractivity contribution is 6.04. The van der Waals surface area contributed by atoms with Crippen LogP contribution >= 0.6 is 0 Å². The second-order valence-electron chi connectivity index (χ2n) is 4.28. The van der Waals surface area contributed by atoms with Gasteiger partial charge in [-0.2, -0.15) is 0 Å². The van der Waals surface area contributed by atoms with E-state index in [9.17, 15) is 9.18 Å². The molecular weight excluding hydrogens is 239 g/mol. The molecule has 1 saturated heterocycles. The molecule has 0 aromatic heterocycles. The molecule has 18 heavy (non-hydrogen) atoms. The summed E-state index contributed by atoms with van der Waals surface area (Å²) >= 11 is 0. The summed E-state index contributed by atoms with van der Waals surface area (Å²) in [4.78, 5) is 13.8. The molecule has 0 radical (unpaired) electrons. The van der Waals surface area contributed by atoms with Crippen molar-refractivity contribution in [1.82, 2.24) is 0 Å². The second kappa shape index (κ2) is 4.13. The van der Waals surface area contributed by atoms with Crippen LogP contribution in [0.1, 0.15) is 0 Å². The lowest BCUT2D eigenvalue weighted by molar-refractivity contribution is -0.119. The average molecular weight is 252 g/mol. The Labute approximate surface area is 103 Å². The summed E-state index contributed by atoms with van der Waals surface area (Å²) in [6.45, 7) is 1.52. The number of nitrogens with zero attached hydrogens (tertiary/aromatic N) is 1. The van der Waals surface area contributed by atoms with Crippen LogP contribution < -0.4 is 15.0 Å². The molecule has 1 aromatic rings. The highest BCUT2D eigenvalue weighted by Gasteiger charge is 2.36. The molecule has 1 amide bonds. The van der Waals surface area contributed by atoms with Gasteiger partial charge >= 0.3 is 0 Å². The monoisotopic (exact) mass is 252 g/mol. The van der Waals surface area contributed by atoms with E-state index in [-0.39, 0.29) is 17.7 Å². The Morgan fingerprint density at radius 3 is 3.17 bits per heavy atom. The van der Waals surface area contributed by atoms with Crippen LogP contribution in [0.4, 0.5) is 15.8 Å². The van der Waals surface area contributed by atoms with Gasteiger partial charge in [0, 0.05) is 18.7 Å². The van der Waals surface area contributed by atoms with Gasteiger partial charge < -0.3 is 19.7 Å². The van der Waals surface area contributed by atoms with Crippen molar-refractivity contribution < 1.29 is 18.7 Å². The Morgan fingerprint density at radius 1 is 1.56 bits per heavy atom. The van der Waals surface area contributed by atoms with Crippen LogP contribution in [0.3, 0.4) is 0 Å². The number of fused-ring (bicyclic) bond motifs is 3. The van der Waals surface area contributed by atoms with Crippen molar-refractivity contribution in [1.29, 1.82) is 0 Å². The molecule has 0 aliphatic carbocycles. The van der Waals surface area contributed by atoms with E-state index in [1.807, 2.05) is 4.90 Å². The maximum atomic E-state index is 13.6. The predicted molar refractivity (Wildman–Crippen MR) is 63.5 cm³/mol. The van der Waals surface area contributed by atoms with Gasteiger partial charge in [-0.05, 0) is 0 Å². The molecule has 96 valence electrons. The largest absolute Gasteiger partial charge is 0.494 e. The summed E-state index contributed by atoms with van der Waals surface area (Å²) in [5, 5.41) is 2.70. The third-order valence-electron chi connectivity index (χ3n) is 3.27. The molecule has 2 aliphatic heterocycles. The highest BCUT2D eigenvalue weighted by Crippen LogP contribution is 2.37. The number of halogens is 1. The van der Waals surface area contributed by atoms with Crippen LogP contribution in [-0.4, -0.2) is 38.8 Å². The van der Waals surface area contributed by atoms with E-state index in [1.54, 1.807) is 6.07 Å². The number of ether oxygens (including phenoxy) is 2. The Hall–Kier alpha value is -1.82. The summed E-state index contributed by atoms with van der Waals surface area (Å²) in [6, 6.07) is 2.56. The summed E-state index contributed by atoms with van der Waals surface area (Å²) < 4.78 is 23.9. The molecule has 0 spiro atoms. The van der Waals surface area contributed by atoms with E-state index >= 15 is 0 Å². The fourth-order valence-electron chi connectivity index (χ4n) is 2.36. The topological polar surface area (TPSA) is 50.8 Å². The van der Waals surface area contributed by atoms with Gasteiger partial charge in [0.1, 0.15) is 6.04 Å². The molecule has 6 heteroatoms. The summed E-state index contributed by atoms with van der Waals surface area (Å²) in [6.07, 6.45) is 0. The maximum Gasteiger partial charge on any atom is 0.249 e. The third-order valence-corrected chi connectivity index (χ3v) is 3.27. The summed E-state index contributed by atoms with van der Waals surface area (Å²) in [5.74, 6) is -0.467. The van der Waals surface area contributed by atoms with Crippen LogP contribution in [-0.2, 0) is 9.53 Å². The third kappa shape index (κ3) is 1.60. The van der Waals surface area contributed by atoms with Crippen LogP contribution in [0, 0.1) is 5.82 Å². The Balaban J connectivity index is 2.08. The van der Waals surface area contributed by atoms with Gasteiger partial charge in [0.05, 0.1) is 31.7 Å². The SMILES string of the molecule is COc1cc2c(cc1F)NC(=O)C1COCCN21. The van der Waals surface area contributed by atoms with E-state index in [4.69, 9.17) is 9.47 Å². The number of carbonyl (C=O) groups is 1. The smallest absolute Gasteiger partial charge is 0.249 e. The molecule has 1 atom stereocenters. The van der Waals surface area contributed by atoms with Crippen molar-refractivity contribution in [2.24, 2.45) is 0 Å². The number of rotatable bonds is 1. The van der Waals surface area contributed by atoms with Crippen molar-refractivity contribution >= 4 is 17.3 Å². The first-order chi connectivity index (χ1) is 8.70. The number of benzene rings is 1. The zero-order chi connectivity index (χ0) is 12.7. The first-order valence-electron chi connectivity index (χ1n) is 5.73. The quantitative estimate of drug-likeness (QED) is 0.810. The van der Waals surface area contributed by atoms with E-state index in [0.717, 1.165) is 5.69 Å². The van der Waals surface area contributed by atoms with E-state index in [2.05, 4.69) is 5.32 Å². The first kappa shape index (κ1) is 11.3. The van der Waals surface area contributed by atoms with Gasteiger partial charge in [-0.15, -0.1) is 0 Å². The van der Waals surface area contributed by atoms with E-state index in [0.29, 0.717) is 25.4 Å². The standard InChI is InChI=1S/C12H13FN2O3/c1-17-11-5-9-8(4-7(11)13)14-12(16)10-6-18-3-2-15(9)10/h4-5,10H,2-3,6H2,1H3,(H,14,16). The number of methoxy groups -OCH3 is 1. The van der Waals surface area contributed by atoms with Crippen molar-refractivity contribution in [2.75, 3.05) is 37.1 Å². The van der Waals surface area contributed by atoms with Gasteiger partial charge in [0.15, 0.2) is 11.6 Å². The molecule has 1 N–H and O–H groups in total. The molecule has 1 unspecified atom stereocenters. The molecule has 2 heterocycles. The van der Waals surface area contributed by atoms with Crippen LogP contribution in [0.5, 0.6) is 5.75 Å². The molecule has 0 bridgehead atoms. The van der Waals surface area contributed by atoms with Crippen LogP contribution in [0.25, 0.3) is 0 Å². The number of carbonyl (C=O) groups excluding carboxylic acids is 1. The zero-order valence-corrected chi connectivity index (χ0v) is 9.90. The van der Waals surface area contributed by atoms with Crippen LogP contribution in [0.15, 0.2) is 12.1 Å². The molecule has 3 rings (SSSR count). The number of nitrogens with one attached hydrogen (secondary N) is 1. The van der Waals surface area contributed by atoms with E-state index in [1.165, 1.54) is 13.2 Å². The molecular formula is C12H13FN2O3. The van der Waals surface area contributed by atoms with Gasteiger partial charge in [-0.1, -0.05) is 0 Å². The van der Waals surface area contributed by atoms with Gasteiger partial charge in [0.25, 0.3) is 0 Å². The lowest BCUT2D eigenvalue weighted by atomic mass is 10.1. The maximum absolute atomic E-state index is 13.6. The van der Waals surface area contributed by atoms with Gasteiger partial charge in [-0.25, -0.2) is 4.39 Å². The molecule has 1 fully saturated rings. The minimum atomic E-state index is -0.483. The first-order valence-corrected chi connectivity index (χ1v) is 5.73. The fourth-order valence-corrected chi connectivity index (χ4v) is 2.36. The van der Waals surface area contributed by atoms with Crippen LogP contribution in [0.2, 0.25) is 0 Å². The Morgan fingerprint density at radius 2 is 2.39 bits per heavy atom. The van der Waals surface area contributed by atoms with Crippen molar-refractivity contribution in [3.8, 4) is 5.75 Å². The normalized spacial score (nSPS) is 22.0. The minimum Gasteiger partial charge on any atom is -0.494 e. The minimum absolute atomic E-state index is 0.160. The molecule has 0 saturated carbocycles. The van der Waals surface area contributed by atoms with Gasteiger partial charge in [0.2, 0.25) is 5.91 Å². The van der Waals surface area contributed by atoms with Gasteiger partial charge in [-0.3, -0.25) is 4.79 Å². The number of anilines is 2.